The lowest BCUT2D eigenvalue weighted by molar-refractivity contribution is 0.103. The molecule has 0 saturated heterocycles. The molecule has 2 unspecified atom stereocenters. The van der Waals surface area contributed by atoms with E-state index >= 15 is 0 Å². The van der Waals surface area contributed by atoms with Crippen LogP contribution in [0.15, 0.2) is 60.9 Å². The first-order valence-electron chi connectivity index (χ1n) is 8.98. The van der Waals surface area contributed by atoms with Crippen LogP contribution in [0.3, 0.4) is 0 Å². The molecule has 28 heavy (non-hydrogen) atoms. The molecule has 0 aliphatic heterocycles. The van der Waals surface area contributed by atoms with Gasteiger partial charge in [-0.3, -0.25) is 0 Å². The lowest BCUT2D eigenvalue weighted by Gasteiger charge is -2.21. The number of hydrogen-bond donors (Lipinski definition) is 2. The molecule has 0 bridgehead atoms. The second-order valence-corrected chi connectivity index (χ2v) is 6.41. The van der Waals surface area contributed by atoms with Crippen molar-refractivity contribution in [1.29, 1.82) is 0 Å². The molecule has 6 nitrogen and oxygen atoms in total. The largest absolute Gasteiger partial charge is 0.493 e. The molecule has 7 heteroatoms. The lowest BCUT2D eigenvalue weighted by Crippen LogP contribution is -2.35. The van der Waals surface area contributed by atoms with Gasteiger partial charge in [0.05, 0.1) is 13.2 Å². The number of para-hydroxylation sites is 2. The molecule has 3 aromatic rings. The average molecular weight is 385 g/mol. The quantitative estimate of drug-likeness (QED) is 0.593. The van der Waals surface area contributed by atoms with Crippen molar-refractivity contribution in [2.45, 2.75) is 12.1 Å². The SMILES string of the molecule is COc1ccccc1OCC(O)CNC(c1cccc(F)c1)c1nccn1C. The Balaban J connectivity index is 1.66. The number of aromatic nitrogens is 2. The summed E-state index contributed by atoms with van der Waals surface area (Å²) < 4.78 is 26.5. The summed E-state index contributed by atoms with van der Waals surface area (Å²) in [5, 5.41) is 13.6. The van der Waals surface area contributed by atoms with Crippen LogP contribution in [0.25, 0.3) is 0 Å². The fraction of sp³-hybridized carbons (Fsp3) is 0.286. The fourth-order valence-corrected chi connectivity index (χ4v) is 2.94. The third-order valence-electron chi connectivity index (χ3n) is 4.36. The number of aliphatic hydroxyl groups excluding tert-OH is 1. The van der Waals surface area contributed by atoms with Crippen LogP contribution in [-0.4, -0.2) is 41.0 Å². The maximum Gasteiger partial charge on any atom is 0.161 e. The number of nitrogens with one attached hydrogen (secondary N) is 1. The zero-order valence-corrected chi connectivity index (χ0v) is 15.9. The molecular weight excluding hydrogens is 361 g/mol. The highest BCUT2D eigenvalue weighted by atomic mass is 19.1. The summed E-state index contributed by atoms with van der Waals surface area (Å²) in [4.78, 5) is 4.36. The molecule has 2 N–H and O–H groups in total. The number of imidazole rings is 1. The first-order valence-corrected chi connectivity index (χ1v) is 8.98. The van der Waals surface area contributed by atoms with E-state index in [1.807, 2.05) is 36.0 Å². The van der Waals surface area contributed by atoms with Crippen LogP contribution >= 0.6 is 0 Å². The van der Waals surface area contributed by atoms with Crippen molar-refractivity contribution in [3.05, 3.63) is 78.1 Å². The van der Waals surface area contributed by atoms with Gasteiger partial charge >= 0.3 is 0 Å². The number of halogens is 1. The summed E-state index contributed by atoms with van der Waals surface area (Å²) >= 11 is 0. The van der Waals surface area contributed by atoms with E-state index in [2.05, 4.69) is 10.3 Å². The molecule has 0 spiro atoms. The van der Waals surface area contributed by atoms with Crippen LogP contribution in [0.1, 0.15) is 17.4 Å². The van der Waals surface area contributed by atoms with Crippen molar-refractivity contribution < 1.29 is 19.0 Å². The van der Waals surface area contributed by atoms with Gasteiger partial charge in [0.15, 0.2) is 11.5 Å². The molecule has 0 radical (unpaired) electrons. The molecule has 2 aromatic carbocycles. The standard InChI is InChI=1S/C21H24FN3O3/c1-25-11-10-23-21(25)20(15-6-5-7-16(22)12-15)24-13-17(26)14-28-19-9-4-3-8-18(19)27-2/h3-12,17,20,24,26H,13-14H2,1-2H3. The second kappa shape index (κ2) is 9.34. The van der Waals surface area contributed by atoms with E-state index in [-0.39, 0.29) is 25.0 Å². The van der Waals surface area contributed by atoms with Crippen molar-refractivity contribution in [2.75, 3.05) is 20.3 Å². The molecule has 0 saturated carbocycles. The Labute approximate surface area is 163 Å². The number of hydrogen-bond acceptors (Lipinski definition) is 5. The van der Waals surface area contributed by atoms with Crippen molar-refractivity contribution in [1.82, 2.24) is 14.9 Å². The predicted octanol–water partition coefficient (Wildman–Crippen LogP) is 2.69. The molecule has 2 atom stereocenters. The number of nitrogens with zero attached hydrogens (tertiary/aromatic N) is 2. The van der Waals surface area contributed by atoms with E-state index in [1.54, 1.807) is 31.5 Å². The highest BCUT2D eigenvalue weighted by molar-refractivity contribution is 5.39. The Kier molecular flexibility index (Phi) is 6.62. The van der Waals surface area contributed by atoms with Gasteiger partial charge in [0, 0.05) is 26.0 Å². The molecule has 1 heterocycles. The minimum Gasteiger partial charge on any atom is -0.493 e. The van der Waals surface area contributed by atoms with E-state index < -0.39 is 6.10 Å². The van der Waals surface area contributed by atoms with Crippen molar-refractivity contribution in [2.24, 2.45) is 7.05 Å². The summed E-state index contributed by atoms with van der Waals surface area (Å²) in [6.45, 7) is 0.326. The Morgan fingerprint density at radius 3 is 2.64 bits per heavy atom. The van der Waals surface area contributed by atoms with Gasteiger partial charge in [-0.25, -0.2) is 9.37 Å². The average Bonchev–Trinajstić information content (AvgIpc) is 3.12. The molecule has 148 valence electrons. The normalized spacial score (nSPS) is 13.1. The van der Waals surface area contributed by atoms with E-state index in [0.29, 0.717) is 11.5 Å². The van der Waals surface area contributed by atoms with Gasteiger partial charge in [-0.2, -0.15) is 0 Å². The summed E-state index contributed by atoms with van der Waals surface area (Å²) in [6, 6.07) is 13.2. The molecule has 0 aliphatic rings. The summed E-state index contributed by atoms with van der Waals surface area (Å²) in [6.07, 6.45) is 2.73. The third kappa shape index (κ3) is 4.88. The highest BCUT2D eigenvalue weighted by Crippen LogP contribution is 2.26. The Bertz CT molecular complexity index is 900. The number of ether oxygens (including phenoxy) is 2. The van der Waals surface area contributed by atoms with Crippen molar-refractivity contribution >= 4 is 0 Å². The zero-order valence-electron chi connectivity index (χ0n) is 15.9. The minimum absolute atomic E-state index is 0.0871. The van der Waals surface area contributed by atoms with Gasteiger partial charge in [0.2, 0.25) is 0 Å². The number of aliphatic hydroxyl groups is 1. The predicted molar refractivity (Wildman–Crippen MR) is 104 cm³/mol. The Hall–Kier alpha value is -2.90. The van der Waals surface area contributed by atoms with E-state index in [0.717, 1.165) is 11.4 Å². The monoisotopic (exact) mass is 385 g/mol. The van der Waals surface area contributed by atoms with Gasteiger partial charge in [-0.1, -0.05) is 24.3 Å². The molecule has 0 aliphatic carbocycles. The van der Waals surface area contributed by atoms with Gasteiger partial charge in [0.25, 0.3) is 0 Å². The topological polar surface area (TPSA) is 68.5 Å². The zero-order chi connectivity index (χ0) is 19.9. The molecule has 1 aromatic heterocycles. The maximum atomic E-state index is 13.7. The van der Waals surface area contributed by atoms with Gasteiger partial charge in [-0.15, -0.1) is 0 Å². The fourth-order valence-electron chi connectivity index (χ4n) is 2.94. The third-order valence-corrected chi connectivity index (χ3v) is 4.36. The Morgan fingerprint density at radius 1 is 1.18 bits per heavy atom. The number of aryl methyl sites for hydroxylation is 1. The van der Waals surface area contributed by atoms with Crippen LogP contribution in [0.5, 0.6) is 11.5 Å². The molecule has 0 amide bonds. The first-order chi connectivity index (χ1) is 13.6. The van der Waals surface area contributed by atoms with E-state index in [4.69, 9.17) is 9.47 Å². The second-order valence-electron chi connectivity index (χ2n) is 6.41. The number of rotatable bonds is 9. The maximum absolute atomic E-state index is 13.7. The minimum atomic E-state index is -0.777. The van der Waals surface area contributed by atoms with Gasteiger partial charge < -0.3 is 24.5 Å². The summed E-state index contributed by atoms with van der Waals surface area (Å²) in [5.74, 6) is 1.57. The van der Waals surface area contributed by atoms with Crippen molar-refractivity contribution in [3.8, 4) is 11.5 Å². The van der Waals surface area contributed by atoms with Crippen LogP contribution < -0.4 is 14.8 Å². The van der Waals surface area contributed by atoms with Crippen LogP contribution in [0.4, 0.5) is 4.39 Å². The van der Waals surface area contributed by atoms with Crippen molar-refractivity contribution in [3.63, 3.8) is 0 Å². The number of benzene rings is 2. The molecular formula is C21H24FN3O3. The van der Waals surface area contributed by atoms with E-state index in [1.165, 1.54) is 12.1 Å². The van der Waals surface area contributed by atoms with E-state index in [9.17, 15) is 9.50 Å². The molecule has 3 rings (SSSR count). The Morgan fingerprint density at radius 2 is 1.96 bits per heavy atom. The lowest BCUT2D eigenvalue weighted by atomic mass is 10.1. The smallest absolute Gasteiger partial charge is 0.161 e. The van der Waals surface area contributed by atoms with Crippen LogP contribution in [-0.2, 0) is 7.05 Å². The van der Waals surface area contributed by atoms with Gasteiger partial charge in [0.1, 0.15) is 24.4 Å². The number of methoxy groups -OCH3 is 1. The van der Waals surface area contributed by atoms with Gasteiger partial charge in [-0.05, 0) is 29.8 Å². The molecule has 0 fully saturated rings. The summed E-state index contributed by atoms with van der Waals surface area (Å²) in [5.41, 5.74) is 0.729. The van der Waals surface area contributed by atoms with Crippen LogP contribution in [0, 0.1) is 5.82 Å². The van der Waals surface area contributed by atoms with Crippen LogP contribution in [0.2, 0.25) is 0 Å². The highest BCUT2D eigenvalue weighted by Gasteiger charge is 2.20. The first kappa shape index (κ1) is 19.9. The summed E-state index contributed by atoms with van der Waals surface area (Å²) in [7, 11) is 3.44.